The van der Waals surface area contributed by atoms with Crippen molar-refractivity contribution in [2.24, 2.45) is 5.92 Å². The van der Waals surface area contributed by atoms with E-state index in [2.05, 4.69) is 5.32 Å². The number of amides is 2. The molecule has 0 spiro atoms. The number of hydrogen-bond acceptors (Lipinski definition) is 4. The van der Waals surface area contributed by atoms with Gasteiger partial charge in [-0.15, -0.1) is 0 Å². The average Bonchev–Trinajstić information content (AvgIpc) is 3.08. The number of nitrogens with zero attached hydrogens (tertiary/aromatic N) is 1. The summed E-state index contributed by atoms with van der Waals surface area (Å²) in [7, 11) is 0. The monoisotopic (exact) mass is 406 g/mol. The number of nitrogens with one attached hydrogen (secondary N) is 1. The number of para-hydroxylation sites is 1. The molecule has 1 heterocycles. The lowest BCUT2D eigenvalue weighted by Gasteiger charge is -2.18. The van der Waals surface area contributed by atoms with Gasteiger partial charge in [0.25, 0.3) is 5.91 Å². The van der Waals surface area contributed by atoms with E-state index in [-0.39, 0.29) is 18.7 Å². The number of ether oxygens (including phenoxy) is 1. The Balaban J connectivity index is 1.57. The number of carbonyl (C=O) groups excluding carboxylic acids is 3. The highest BCUT2D eigenvalue weighted by atomic mass is 19.4. The van der Waals surface area contributed by atoms with Crippen LogP contribution in [0.3, 0.4) is 0 Å². The largest absolute Gasteiger partial charge is 0.455 e. The first-order valence-corrected chi connectivity index (χ1v) is 8.73. The number of rotatable bonds is 5. The van der Waals surface area contributed by atoms with Crippen LogP contribution in [0.15, 0.2) is 54.6 Å². The van der Waals surface area contributed by atoms with E-state index in [1.165, 1.54) is 12.1 Å². The van der Waals surface area contributed by atoms with Gasteiger partial charge in [0, 0.05) is 24.3 Å². The second-order valence-electron chi connectivity index (χ2n) is 6.48. The van der Waals surface area contributed by atoms with E-state index in [0.717, 1.165) is 17.0 Å². The third-order valence-corrected chi connectivity index (χ3v) is 4.35. The molecule has 1 atom stereocenters. The van der Waals surface area contributed by atoms with Crippen molar-refractivity contribution in [1.82, 2.24) is 0 Å². The summed E-state index contributed by atoms with van der Waals surface area (Å²) in [5.41, 5.74) is -0.284. The lowest BCUT2D eigenvalue weighted by molar-refractivity contribution is -0.151. The highest BCUT2D eigenvalue weighted by Gasteiger charge is 2.37. The van der Waals surface area contributed by atoms with Crippen LogP contribution in [-0.2, 0) is 25.3 Å². The molecular weight excluding hydrogens is 389 g/mol. The van der Waals surface area contributed by atoms with Crippen molar-refractivity contribution >= 4 is 29.2 Å². The molecule has 152 valence electrons. The highest BCUT2D eigenvalue weighted by Crippen LogP contribution is 2.33. The zero-order valence-electron chi connectivity index (χ0n) is 15.1. The molecule has 2 amide bonds. The van der Waals surface area contributed by atoms with E-state index in [9.17, 15) is 27.6 Å². The molecule has 1 N–H and O–H groups in total. The molecule has 1 aliphatic rings. The normalized spacial score (nSPS) is 16.6. The van der Waals surface area contributed by atoms with Crippen molar-refractivity contribution in [3.63, 3.8) is 0 Å². The number of alkyl halides is 3. The SMILES string of the molecule is O=C(COC(=O)[C@@H]1CC(=O)N(c2cccc(C(F)(F)F)c2)C1)Nc1ccccc1. The lowest BCUT2D eigenvalue weighted by atomic mass is 10.1. The molecule has 1 saturated heterocycles. The predicted octanol–water partition coefficient (Wildman–Crippen LogP) is 3.24. The lowest BCUT2D eigenvalue weighted by Crippen LogP contribution is -2.28. The van der Waals surface area contributed by atoms with Crippen LogP contribution >= 0.6 is 0 Å². The molecule has 0 saturated carbocycles. The summed E-state index contributed by atoms with van der Waals surface area (Å²) in [4.78, 5) is 37.3. The Morgan fingerprint density at radius 1 is 1.10 bits per heavy atom. The van der Waals surface area contributed by atoms with Gasteiger partial charge in [-0.25, -0.2) is 0 Å². The molecule has 29 heavy (non-hydrogen) atoms. The second-order valence-corrected chi connectivity index (χ2v) is 6.48. The van der Waals surface area contributed by atoms with Crippen molar-refractivity contribution in [2.75, 3.05) is 23.4 Å². The zero-order chi connectivity index (χ0) is 21.0. The van der Waals surface area contributed by atoms with Gasteiger partial charge in [0.05, 0.1) is 11.5 Å². The van der Waals surface area contributed by atoms with Gasteiger partial charge in [-0.05, 0) is 30.3 Å². The number of benzene rings is 2. The topological polar surface area (TPSA) is 75.7 Å². The molecule has 1 fully saturated rings. The number of esters is 1. The minimum Gasteiger partial charge on any atom is -0.455 e. The van der Waals surface area contributed by atoms with Crippen molar-refractivity contribution in [1.29, 1.82) is 0 Å². The molecule has 1 aliphatic heterocycles. The van der Waals surface area contributed by atoms with Gasteiger partial charge in [-0.1, -0.05) is 24.3 Å². The van der Waals surface area contributed by atoms with Crippen molar-refractivity contribution in [2.45, 2.75) is 12.6 Å². The van der Waals surface area contributed by atoms with Gasteiger partial charge in [0.1, 0.15) is 0 Å². The molecule has 2 aromatic rings. The predicted molar refractivity (Wildman–Crippen MR) is 97.9 cm³/mol. The van der Waals surface area contributed by atoms with E-state index >= 15 is 0 Å². The quantitative estimate of drug-likeness (QED) is 0.774. The molecule has 2 aromatic carbocycles. The zero-order valence-corrected chi connectivity index (χ0v) is 15.1. The molecule has 0 bridgehead atoms. The fourth-order valence-electron chi connectivity index (χ4n) is 2.94. The number of anilines is 2. The van der Waals surface area contributed by atoms with Gasteiger partial charge in [0.15, 0.2) is 6.61 Å². The van der Waals surface area contributed by atoms with Crippen molar-refractivity contribution < 1.29 is 32.3 Å². The average molecular weight is 406 g/mol. The first kappa shape index (κ1) is 20.4. The maximum atomic E-state index is 12.9. The third-order valence-electron chi connectivity index (χ3n) is 4.35. The molecule has 0 radical (unpaired) electrons. The Morgan fingerprint density at radius 2 is 1.83 bits per heavy atom. The molecule has 6 nitrogen and oxygen atoms in total. The van der Waals surface area contributed by atoms with Crippen LogP contribution in [0.2, 0.25) is 0 Å². The summed E-state index contributed by atoms with van der Waals surface area (Å²) < 4.78 is 43.6. The Kier molecular flexibility index (Phi) is 5.86. The van der Waals surface area contributed by atoms with Crippen LogP contribution in [0.25, 0.3) is 0 Å². The van der Waals surface area contributed by atoms with Crippen LogP contribution in [-0.4, -0.2) is 30.9 Å². The minimum absolute atomic E-state index is 0.0574. The summed E-state index contributed by atoms with van der Waals surface area (Å²) in [6.07, 6.45) is -4.74. The molecule has 3 rings (SSSR count). The van der Waals surface area contributed by atoms with Crippen LogP contribution in [0.4, 0.5) is 24.5 Å². The maximum Gasteiger partial charge on any atom is 0.416 e. The van der Waals surface area contributed by atoms with Crippen molar-refractivity contribution in [3.8, 4) is 0 Å². The minimum atomic E-state index is -4.54. The summed E-state index contributed by atoms with van der Waals surface area (Å²) >= 11 is 0. The van der Waals surface area contributed by atoms with Gasteiger partial charge in [0.2, 0.25) is 5.91 Å². The first-order chi connectivity index (χ1) is 13.7. The van der Waals surface area contributed by atoms with Gasteiger partial charge >= 0.3 is 12.1 Å². The molecular formula is C20H17F3N2O4. The Bertz CT molecular complexity index is 915. The molecule has 0 aromatic heterocycles. The summed E-state index contributed by atoms with van der Waals surface area (Å²) in [5, 5.41) is 2.55. The smallest absolute Gasteiger partial charge is 0.416 e. The van der Waals surface area contributed by atoms with Crippen LogP contribution in [0.1, 0.15) is 12.0 Å². The standard InChI is InChI=1S/C20H17F3N2O4/c21-20(22,23)14-5-4-8-16(10-14)25-11-13(9-18(25)27)19(28)29-12-17(26)24-15-6-2-1-3-7-15/h1-8,10,13H,9,11-12H2,(H,24,26)/t13-/m1/s1. The van der Waals surface area contributed by atoms with E-state index in [1.807, 2.05) is 0 Å². The molecule has 9 heteroatoms. The van der Waals surface area contributed by atoms with E-state index < -0.39 is 42.0 Å². The third kappa shape index (κ3) is 5.13. The molecule has 0 aliphatic carbocycles. The highest BCUT2D eigenvalue weighted by molar-refractivity contribution is 6.00. The maximum absolute atomic E-state index is 12.9. The number of hydrogen-bond donors (Lipinski definition) is 1. The van der Waals surface area contributed by atoms with Crippen molar-refractivity contribution in [3.05, 3.63) is 60.2 Å². The Labute approximate surface area is 164 Å². The number of halogens is 3. The second kappa shape index (κ2) is 8.34. The summed E-state index contributed by atoms with van der Waals surface area (Å²) in [6.45, 7) is -0.638. The number of carbonyl (C=O) groups is 3. The molecule has 0 unspecified atom stereocenters. The fraction of sp³-hybridized carbons (Fsp3) is 0.250. The Hall–Kier alpha value is -3.36. The van der Waals surface area contributed by atoms with E-state index in [0.29, 0.717) is 5.69 Å². The van der Waals surface area contributed by atoms with E-state index in [4.69, 9.17) is 4.74 Å². The first-order valence-electron chi connectivity index (χ1n) is 8.73. The fourth-order valence-corrected chi connectivity index (χ4v) is 2.94. The van der Waals surface area contributed by atoms with Gasteiger partial charge in [-0.2, -0.15) is 13.2 Å². The summed E-state index contributed by atoms with van der Waals surface area (Å²) in [5.74, 6) is -2.64. The van der Waals surface area contributed by atoms with Gasteiger partial charge in [-0.3, -0.25) is 14.4 Å². The van der Waals surface area contributed by atoms with Crippen LogP contribution < -0.4 is 10.2 Å². The van der Waals surface area contributed by atoms with Crippen LogP contribution in [0, 0.1) is 5.92 Å². The van der Waals surface area contributed by atoms with E-state index in [1.54, 1.807) is 30.3 Å². The summed E-state index contributed by atoms with van der Waals surface area (Å²) in [6, 6.07) is 12.9. The Morgan fingerprint density at radius 3 is 2.52 bits per heavy atom. The van der Waals surface area contributed by atoms with Gasteiger partial charge < -0.3 is 15.0 Å². The van der Waals surface area contributed by atoms with Crippen LogP contribution in [0.5, 0.6) is 0 Å².